The van der Waals surface area contributed by atoms with Gasteiger partial charge in [-0.25, -0.2) is 0 Å². The van der Waals surface area contributed by atoms with Crippen LogP contribution in [0.1, 0.15) is 6.92 Å². The number of aromatic hydroxyl groups is 1. The Labute approximate surface area is 88.7 Å². The SMILES string of the molecule is C/C=C/C=C/C(=O)Nc1cccc(O)c1. The molecule has 0 aliphatic rings. The third kappa shape index (κ3) is 4.13. The molecule has 0 atom stereocenters. The molecule has 0 saturated heterocycles. The van der Waals surface area contributed by atoms with E-state index in [2.05, 4.69) is 5.32 Å². The first-order valence-corrected chi connectivity index (χ1v) is 4.62. The second-order valence-electron chi connectivity index (χ2n) is 2.92. The Balaban J connectivity index is 2.59. The first-order valence-electron chi connectivity index (χ1n) is 4.62. The minimum Gasteiger partial charge on any atom is -0.508 e. The fourth-order valence-electron chi connectivity index (χ4n) is 1.02. The number of amides is 1. The van der Waals surface area contributed by atoms with E-state index in [-0.39, 0.29) is 11.7 Å². The van der Waals surface area contributed by atoms with E-state index in [0.29, 0.717) is 5.69 Å². The number of nitrogens with one attached hydrogen (secondary N) is 1. The highest BCUT2D eigenvalue weighted by Gasteiger charge is 1.97. The maximum Gasteiger partial charge on any atom is 0.248 e. The molecule has 3 nitrogen and oxygen atoms in total. The van der Waals surface area contributed by atoms with Gasteiger partial charge in [-0.3, -0.25) is 4.79 Å². The molecule has 15 heavy (non-hydrogen) atoms. The van der Waals surface area contributed by atoms with E-state index in [1.165, 1.54) is 12.1 Å². The lowest BCUT2D eigenvalue weighted by Crippen LogP contribution is -2.07. The van der Waals surface area contributed by atoms with Crippen molar-refractivity contribution in [1.82, 2.24) is 0 Å². The molecule has 78 valence electrons. The number of rotatable bonds is 3. The molecule has 2 N–H and O–H groups in total. The van der Waals surface area contributed by atoms with Crippen LogP contribution in [-0.4, -0.2) is 11.0 Å². The number of allylic oxidation sites excluding steroid dienone is 3. The van der Waals surface area contributed by atoms with Crippen molar-refractivity contribution in [3.8, 4) is 5.75 Å². The Morgan fingerprint density at radius 1 is 1.40 bits per heavy atom. The van der Waals surface area contributed by atoms with Crippen LogP contribution in [0.4, 0.5) is 5.69 Å². The van der Waals surface area contributed by atoms with Crippen molar-refractivity contribution in [1.29, 1.82) is 0 Å². The van der Waals surface area contributed by atoms with Gasteiger partial charge in [-0.15, -0.1) is 0 Å². The second kappa shape index (κ2) is 5.65. The summed E-state index contributed by atoms with van der Waals surface area (Å²) in [5, 5.41) is 11.8. The Kier molecular flexibility index (Phi) is 4.16. The van der Waals surface area contributed by atoms with E-state index in [9.17, 15) is 4.79 Å². The van der Waals surface area contributed by atoms with Gasteiger partial charge in [0.15, 0.2) is 0 Å². The molecule has 1 rings (SSSR count). The molecule has 1 aromatic carbocycles. The van der Waals surface area contributed by atoms with Crippen LogP contribution < -0.4 is 5.32 Å². The largest absolute Gasteiger partial charge is 0.508 e. The van der Waals surface area contributed by atoms with Gasteiger partial charge in [-0.05, 0) is 19.1 Å². The van der Waals surface area contributed by atoms with E-state index in [1.54, 1.807) is 30.4 Å². The van der Waals surface area contributed by atoms with Crippen molar-refractivity contribution >= 4 is 11.6 Å². The maximum absolute atomic E-state index is 11.3. The zero-order valence-corrected chi connectivity index (χ0v) is 8.47. The van der Waals surface area contributed by atoms with E-state index >= 15 is 0 Å². The lowest BCUT2D eigenvalue weighted by atomic mass is 10.3. The Bertz CT molecular complexity index is 394. The molecule has 0 aliphatic carbocycles. The number of anilines is 1. The van der Waals surface area contributed by atoms with Gasteiger partial charge >= 0.3 is 0 Å². The topological polar surface area (TPSA) is 49.3 Å². The number of hydrogen-bond donors (Lipinski definition) is 2. The van der Waals surface area contributed by atoms with E-state index in [0.717, 1.165) is 0 Å². The molecule has 3 heteroatoms. The Morgan fingerprint density at radius 2 is 2.20 bits per heavy atom. The summed E-state index contributed by atoms with van der Waals surface area (Å²) in [7, 11) is 0. The summed E-state index contributed by atoms with van der Waals surface area (Å²) < 4.78 is 0. The van der Waals surface area contributed by atoms with Gasteiger partial charge in [0.25, 0.3) is 0 Å². The average Bonchev–Trinajstić information content (AvgIpc) is 2.18. The number of phenols is 1. The van der Waals surface area contributed by atoms with Gasteiger partial charge in [0, 0.05) is 17.8 Å². The average molecular weight is 203 g/mol. The lowest BCUT2D eigenvalue weighted by molar-refractivity contribution is -0.111. The van der Waals surface area contributed by atoms with Crippen LogP contribution in [0.5, 0.6) is 5.75 Å². The van der Waals surface area contributed by atoms with Crippen LogP contribution in [0.15, 0.2) is 48.6 Å². The molecular formula is C12H13NO2. The predicted molar refractivity (Wildman–Crippen MR) is 60.7 cm³/mol. The molecule has 0 saturated carbocycles. The zero-order valence-electron chi connectivity index (χ0n) is 8.47. The number of benzene rings is 1. The molecule has 0 spiro atoms. The van der Waals surface area contributed by atoms with Crippen LogP contribution in [0.2, 0.25) is 0 Å². The number of carbonyl (C=O) groups is 1. The standard InChI is InChI=1S/C12H13NO2/c1-2-3-4-8-12(15)13-10-6-5-7-11(14)9-10/h2-9,14H,1H3,(H,13,15)/b3-2+,8-4+. The predicted octanol–water partition coefficient (Wildman–Crippen LogP) is 2.46. The van der Waals surface area contributed by atoms with Crippen LogP contribution >= 0.6 is 0 Å². The first-order chi connectivity index (χ1) is 7.22. The second-order valence-corrected chi connectivity index (χ2v) is 2.92. The summed E-state index contributed by atoms with van der Waals surface area (Å²) in [5.74, 6) is -0.0936. The highest BCUT2D eigenvalue weighted by Crippen LogP contribution is 2.14. The van der Waals surface area contributed by atoms with Gasteiger partial charge < -0.3 is 10.4 Å². The Morgan fingerprint density at radius 3 is 2.87 bits per heavy atom. The van der Waals surface area contributed by atoms with Gasteiger partial charge in [0.05, 0.1) is 0 Å². The van der Waals surface area contributed by atoms with Crippen LogP contribution in [0, 0.1) is 0 Å². The van der Waals surface area contributed by atoms with Crippen LogP contribution in [0.3, 0.4) is 0 Å². The number of carbonyl (C=O) groups excluding carboxylic acids is 1. The molecule has 0 unspecified atom stereocenters. The van der Waals surface area contributed by atoms with Gasteiger partial charge in [-0.1, -0.05) is 24.3 Å². The molecule has 1 aromatic rings. The van der Waals surface area contributed by atoms with E-state index in [1.807, 2.05) is 13.0 Å². The quantitative estimate of drug-likeness (QED) is 0.585. The molecule has 0 fully saturated rings. The fraction of sp³-hybridized carbons (Fsp3) is 0.0833. The van der Waals surface area contributed by atoms with E-state index in [4.69, 9.17) is 5.11 Å². The normalized spacial score (nSPS) is 11.0. The summed E-state index contributed by atoms with van der Waals surface area (Å²) in [6.45, 7) is 1.87. The highest BCUT2D eigenvalue weighted by molar-refractivity contribution is 5.99. The van der Waals surface area contributed by atoms with Crippen molar-refractivity contribution in [3.63, 3.8) is 0 Å². The van der Waals surface area contributed by atoms with Gasteiger partial charge in [0.1, 0.15) is 5.75 Å². The van der Waals surface area contributed by atoms with Crippen LogP contribution in [0.25, 0.3) is 0 Å². The third-order valence-corrected chi connectivity index (χ3v) is 1.66. The van der Waals surface area contributed by atoms with Gasteiger partial charge in [-0.2, -0.15) is 0 Å². The van der Waals surface area contributed by atoms with E-state index < -0.39 is 0 Å². The lowest BCUT2D eigenvalue weighted by Gasteiger charge is -2.01. The molecule has 0 aromatic heterocycles. The third-order valence-electron chi connectivity index (χ3n) is 1.66. The summed E-state index contributed by atoms with van der Waals surface area (Å²) >= 11 is 0. The Hall–Kier alpha value is -2.03. The summed E-state index contributed by atoms with van der Waals surface area (Å²) in [6.07, 6.45) is 6.67. The minimum atomic E-state index is -0.223. The minimum absolute atomic E-state index is 0.130. The number of phenolic OH excluding ortho intramolecular Hbond substituents is 1. The van der Waals surface area contributed by atoms with Crippen molar-refractivity contribution in [2.45, 2.75) is 6.92 Å². The molecule has 0 aliphatic heterocycles. The summed E-state index contributed by atoms with van der Waals surface area (Å²) in [5.41, 5.74) is 0.574. The monoisotopic (exact) mass is 203 g/mol. The van der Waals surface area contributed by atoms with Crippen molar-refractivity contribution in [2.75, 3.05) is 5.32 Å². The van der Waals surface area contributed by atoms with Crippen molar-refractivity contribution in [2.24, 2.45) is 0 Å². The smallest absolute Gasteiger partial charge is 0.248 e. The van der Waals surface area contributed by atoms with Gasteiger partial charge in [0.2, 0.25) is 5.91 Å². The summed E-state index contributed by atoms with van der Waals surface area (Å²) in [6, 6.07) is 6.41. The van der Waals surface area contributed by atoms with Crippen molar-refractivity contribution < 1.29 is 9.90 Å². The molecule has 0 radical (unpaired) electrons. The fourth-order valence-corrected chi connectivity index (χ4v) is 1.02. The molecule has 1 amide bonds. The summed E-state index contributed by atoms with van der Waals surface area (Å²) in [4.78, 5) is 11.3. The highest BCUT2D eigenvalue weighted by atomic mass is 16.3. The van der Waals surface area contributed by atoms with Crippen LogP contribution in [-0.2, 0) is 4.79 Å². The maximum atomic E-state index is 11.3. The zero-order chi connectivity index (χ0) is 11.1. The number of hydrogen-bond acceptors (Lipinski definition) is 2. The molecule has 0 heterocycles. The first kappa shape index (κ1) is 11.0. The van der Waals surface area contributed by atoms with Crippen molar-refractivity contribution in [3.05, 3.63) is 48.6 Å². The molecular weight excluding hydrogens is 190 g/mol. The molecule has 0 bridgehead atoms.